The van der Waals surface area contributed by atoms with Crippen molar-refractivity contribution >= 4 is 57.2 Å². The van der Waals surface area contributed by atoms with E-state index in [2.05, 4.69) is 79.5 Å². The Balaban J connectivity index is 0.000000208. The average Bonchev–Trinajstić information content (AvgIpc) is 3.70. The van der Waals surface area contributed by atoms with Gasteiger partial charge in [-0.1, -0.05) is 26.0 Å². The van der Waals surface area contributed by atoms with E-state index in [4.69, 9.17) is 15.0 Å². The molecule has 10 heteroatoms. The van der Waals surface area contributed by atoms with Crippen LogP contribution in [0.3, 0.4) is 0 Å². The summed E-state index contributed by atoms with van der Waals surface area (Å²) in [5, 5.41) is 6.39. The number of nitrogens with one attached hydrogen (secondary N) is 1. The van der Waals surface area contributed by atoms with Gasteiger partial charge < -0.3 is 16.5 Å². The zero-order valence-corrected chi connectivity index (χ0v) is 33.5. The molecule has 0 unspecified atom stereocenters. The molecule has 3 fully saturated rings. The zero-order chi connectivity index (χ0) is 31.6. The second kappa shape index (κ2) is 17.4. The minimum atomic E-state index is 0. The van der Waals surface area contributed by atoms with E-state index in [-0.39, 0.29) is 39.4 Å². The first-order valence-electron chi connectivity index (χ1n) is 17.8. The fourth-order valence-corrected chi connectivity index (χ4v) is 9.74. The quantitative estimate of drug-likeness (QED) is 0.298. The minimum absolute atomic E-state index is 0. The van der Waals surface area contributed by atoms with E-state index >= 15 is 0 Å². The summed E-state index contributed by atoms with van der Waals surface area (Å²) in [6, 6.07) is 14.2. The summed E-state index contributed by atoms with van der Waals surface area (Å²) in [4.78, 5) is 19.6. The molecule has 3 saturated heterocycles. The standard InChI is InChI=1S/C19H27N3S.C19H25N3S.B.Na.H/c2*1-13-3-5-16(20-12-13)15-4-6-18-17(11-15)21-19(23-18)14-7-9-22(2)10-8-14;;;/h4,6,11,13-14,16,20H,3,5,7-10,12H2,1-2H3;4,6,11,13-14H,3,5,7-10,12H2,1-2H3;;;/q;;;+1;-1/t13-,16+;13-;;;/m00.../s1. The molecule has 2 aromatic carbocycles. The number of aliphatic imine (C=N–C) groups is 1. The van der Waals surface area contributed by atoms with Crippen molar-refractivity contribution in [3.63, 3.8) is 0 Å². The molecule has 3 radical (unpaired) electrons. The number of hydrogen-bond acceptors (Lipinski definition) is 8. The molecule has 4 aliphatic rings. The van der Waals surface area contributed by atoms with Gasteiger partial charge in [-0.15, -0.1) is 22.7 Å². The van der Waals surface area contributed by atoms with Gasteiger partial charge in [0, 0.05) is 38.5 Å². The van der Waals surface area contributed by atoms with E-state index in [1.54, 1.807) is 0 Å². The Kier molecular flexibility index (Phi) is 13.8. The Bertz CT molecular complexity index is 1630. The van der Waals surface area contributed by atoms with Gasteiger partial charge in [-0.25, -0.2) is 9.97 Å². The largest absolute Gasteiger partial charge is 1.00 e. The summed E-state index contributed by atoms with van der Waals surface area (Å²) in [5.74, 6) is 2.86. The molecule has 6 heterocycles. The molecule has 0 saturated carbocycles. The van der Waals surface area contributed by atoms with Crippen molar-refractivity contribution in [2.75, 3.05) is 53.4 Å². The number of aromatic nitrogens is 2. The van der Waals surface area contributed by atoms with E-state index in [0.29, 0.717) is 17.9 Å². The molecule has 0 bridgehead atoms. The molecule has 4 aliphatic heterocycles. The van der Waals surface area contributed by atoms with Crippen LogP contribution in [0.2, 0.25) is 0 Å². The maximum Gasteiger partial charge on any atom is 1.00 e. The monoisotopic (exact) mass is 691 g/mol. The fraction of sp³-hybridized carbons (Fsp3) is 0.605. The third-order valence-electron chi connectivity index (χ3n) is 10.8. The van der Waals surface area contributed by atoms with Gasteiger partial charge >= 0.3 is 29.6 Å². The molecule has 4 aromatic rings. The van der Waals surface area contributed by atoms with Crippen molar-refractivity contribution in [3.8, 4) is 0 Å². The fourth-order valence-electron chi connectivity index (χ4n) is 7.50. The molecule has 0 amide bonds. The summed E-state index contributed by atoms with van der Waals surface area (Å²) < 4.78 is 2.68. The van der Waals surface area contributed by atoms with Crippen LogP contribution in [-0.2, 0) is 0 Å². The smallest absolute Gasteiger partial charge is 1.00 e. The van der Waals surface area contributed by atoms with Crippen LogP contribution in [0, 0.1) is 11.8 Å². The maximum absolute atomic E-state index is 5.00. The Morgan fingerprint density at radius 1 is 0.729 bits per heavy atom. The molecule has 1 N–H and O–H groups in total. The summed E-state index contributed by atoms with van der Waals surface area (Å²) >= 11 is 3.80. The van der Waals surface area contributed by atoms with Crippen molar-refractivity contribution in [2.24, 2.45) is 16.8 Å². The molecule has 2 aromatic heterocycles. The number of nitrogens with zero attached hydrogens (tertiary/aromatic N) is 5. The predicted molar refractivity (Wildman–Crippen MR) is 204 cm³/mol. The Morgan fingerprint density at radius 3 is 1.85 bits per heavy atom. The average molecular weight is 692 g/mol. The Morgan fingerprint density at radius 2 is 1.31 bits per heavy atom. The SMILES string of the molecule is C[C@H]1CCC(c2ccc3sc(C4CCN(C)CC4)nc3c2)=NC1.C[C@H]1CC[C@H](c2ccc3sc(C4CCN(C)CC4)nc3c2)NC1.[B].[H-].[Na+]. The van der Waals surface area contributed by atoms with Crippen LogP contribution in [0.15, 0.2) is 41.4 Å². The third kappa shape index (κ3) is 9.19. The van der Waals surface area contributed by atoms with Crippen LogP contribution >= 0.6 is 22.7 Å². The number of likely N-dealkylation sites (tertiary alicyclic amines) is 2. The van der Waals surface area contributed by atoms with Gasteiger partial charge in [-0.05, 0) is 145 Å². The van der Waals surface area contributed by atoms with Crippen molar-refractivity contribution in [1.82, 2.24) is 25.1 Å². The van der Waals surface area contributed by atoms with Gasteiger partial charge in [0.1, 0.15) is 0 Å². The molecular weight excluding hydrogens is 638 g/mol. The molecule has 0 aliphatic carbocycles. The summed E-state index contributed by atoms with van der Waals surface area (Å²) in [5.41, 5.74) is 6.36. The van der Waals surface area contributed by atoms with Crippen LogP contribution < -0.4 is 34.9 Å². The number of benzene rings is 2. The van der Waals surface area contributed by atoms with Crippen LogP contribution in [0.1, 0.15) is 106 Å². The van der Waals surface area contributed by atoms with Gasteiger partial charge in [0.2, 0.25) is 0 Å². The van der Waals surface area contributed by atoms with Crippen LogP contribution in [-0.4, -0.2) is 87.3 Å². The predicted octanol–water partition coefficient (Wildman–Crippen LogP) is 5.23. The van der Waals surface area contributed by atoms with E-state index in [1.165, 1.54) is 118 Å². The number of rotatable bonds is 4. The van der Waals surface area contributed by atoms with Gasteiger partial charge in [0.05, 0.1) is 30.4 Å². The molecule has 0 spiro atoms. The van der Waals surface area contributed by atoms with E-state index in [1.807, 2.05) is 22.7 Å². The van der Waals surface area contributed by atoms with Gasteiger partial charge in [-0.2, -0.15) is 0 Å². The second-order valence-corrected chi connectivity index (χ2v) is 16.9. The van der Waals surface area contributed by atoms with Crippen molar-refractivity contribution in [1.29, 1.82) is 0 Å². The first kappa shape index (κ1) is 38.1. The Hall–Kier alpha value is -1.17. The van der Waals surface area contributed by atoms with Crippen LogP contribution in [0.25, 0.3) is 20.4 Å². The first-order chi connectivity index (χ1) is 22.4. The second-order valence-electron chi connectivity index (χ2n) is 14.7. The van der Waals surface area contributed by atoms with Crippen molar-refractivity contribution in [2.45, 2.75) is 83.1 Å². The van der Waals surface area contributed by atoms with Crippen LogP contribution in [0.4, 0.5) is 0 Å². The number of hydrogen-bond donors (Lipinski definition) is 1. The van der Waals surface area contributed by atoms with Crippen molar-refractivity contribution < 1.29 is 31.0 Å². The van der Waals surface area contributed by atoms with Crippen LogP contribution in [0.5, 0.6) is 0 Å². The zero-order valence-electron chi connectivity index (χ0n) is 30.9. The van der Waals surface area contributed by atoms with Gasteiger partial charge in [0.15, 0.2) is 0 Å². The van der Waals surface area contributed by atoms with Gasteiger partial charge in [-0.3, -0.25) is 4.99 Å². The number of fused-ring (bicyclic) bond motifs is 2. The molecule has 48 heavy (non-hydrogen) atoms. The van der Waals surface area contributed by atoms with Gasteiger partial charge in [0.25, 0.3) is 0 Å². The van der Waals surface area contributed by atoms with E-state index < -0.39 is 0 Å². The van der Waals surface area contributed by atoms with E-state index in [9.17, 15) is 0 Å². The Labute approximate surface area is 321 Å². The summed E-state index contributed by atoms with van der Waals surface area (Å²) in [6.07, 6.45) is 9.94. The maximum atomic E-state index is 5.00. The third-order valence-corrected chi connectivity index (χ3v) is 13.2. The summed E-state index contributed by atoms with van der Waals surface area (Å²) in [7, 11) is 4.44. The molecule has 3 atom stereocenters. The molecule has 8 rings (SSSR count). The number of thiazole rings is 2. The first-order valence-corrected chi connectivity index (χ1v) is 19.5. The van der Waals surface area contributed by atoms with Crippen molar-refractivity contribution in [3.05, 3.63) is 57.5 Å². The summed E-state index contributed by atoms with van der Waals surface area (Å²) in [6.45, 7) is 11.5. The minimum Gasteiger partial charge on any atom is -1.00 e. The number of piperidine rings is 3. The normalized spacial score (nSPS) is 24.8. The topological polar surface area (TPSA) is 56.7 Å². The molecule has 6 nitrogen and oxygen atoms in total. The molecule has 251 valence electrons. The molecular formula is C38H53BN6NaS2. The van der Waals surface area contributed by atoms with E-state index in [0.717, 1.165) is 31.3 Å².